The molecule has 0 aliphatic rings. The summed E-state index contributed by atoms with van der Waals surface area (Å²) in [5, 5.41) is 13.6. The van der Waals surface area contributed by atoms with E-state index in [1.807, 2.05) is 30.3 Å². The summed E-state index contributed by atoms with van der Waals surface area (Å²) in [7, 11) is 0. The molecule has 0 amide bonds. The van der Waals surface area contributed by atoms with Crippen molar-refractivity contribution in [1.29, 1.82) is 5.26 Å². The lowest BCUT2D eigenvalue weighted by atomic mass is 10.1. The van der Waals surface area contributed by atoms with E-state index in [2.05, 4.69) is 26.6 Å². The standard InChI is InChI=1S/C18H12FN5S/c19-14-8-6-13(7-9-14)16-15(10-20)17(23-18(25)22-16)24-21-11-12-4-2-1-3-5-12/h1-9,11H,(H2,22,23,24,25)/b21-11+. The first-order valence-electron chi connectivity index (χ1n) is 7.32. The maximum absolute atomic E-state index is 13.1. The summed E-state index contributed by atoms with van der Waals surface area (Å²) in [4.78, 5) is 6.99. The second-order valence-corrected chi connectivity index (χ2v) is 5.43. The quantitative estimate of drug-likeness (QED) is 0.419. The first-order valence-corrected chi connectivity index (χ1v) is 7.72. The van der Waals surface area contributed by atoms with Crippen molar-refractivity contribution < 1.29 is 4.39 Å². The number of halogens is 1. The molecule has 0 aliphatic carbocycles. The smallest absolute Gasteiger partial charge is 0.199 e. The highest BCUT2D eigenvalue weighted by molar-refractivity contribution is 7.71. The summed E-state index contributed by atoms with van der Waals surface area (Å²) < 4.78 is 13.3. The van der Waals surface area contributed by atoms with Crippen LogP contribution < -0.4 is 5.43 Å². The molecule has 7 heteroatoms. The van der Waals surface area contributed by atoms with E-state index in [0.717, 1.165) is 5.56 Å². The van der Waals surface area contributed by atoms with Gasteiger partial charge in [0.25, 0.3) is 0 Å². The number of nitriles is 1. The fourth-order valence-corrected chi connectivity index (χ4v) is 2.40. The lowest BCUT2D eigenvalue weighted by Crippen LogP contribution is -2.02. The highest BCUT2D eigenvalue weighted by Crippen LogP contribution is 2.25. The van der Waals surface area contributed by atoms with Crippen molar-refractivity contribution in [3.8, 4) is 17.3 Å². The van der Waals surface area contributed by atoms with Crippen molar-refractivity contribution >= 4 is 24.3 Å². The molecule has 0 unspecified atom stereocenters. The van der Waals surface area contributed by atoms with E-state index in [-0.39, 0.29) is 22.0 Å². The van der Waals surface area contributed by atoms with Crippen LogP contribution in [0.1, 0.15) is 11.1 Å². The van der Waals surface area contributed by atoms with Crippen LogP contribution in [0.15, 0.2) is 59.7 Å². The Kier molecular flexibility index (Phi) is 4.92. The predicted octanol–water partition coefficient (Wildman–Crippen LogP) is 4.26. The molecule has 0 bridgehead atoms. The molecule has 0 atom stereocenters. The normalized spacial score (nSPS) is 10.6. The molecule has 1 heterocycles. The molecule has 0 aliphatic heterocycles. The van der Waals surface area contributed by atoms with Gasteiger partial charge in [0.15, 0.2) is 10.6 Å². The van der Waals surface area contributed by atoms with Gasteiger partial charge in [-0.2, -0.15) is 15.3 Å². The van der Waals surface area contributed by atoms with Crippen molar-refractivity contribution in [3.05, 3.63) is 76.3 Å². The van der Waals surface area contributed by atoms with E-state index in [1.165, 1.54) is 12.1 Å². The van der Waals surface area contributed by atoms with Gasteiger partial charge in [-0.15, -0.1) is 0 Å². The van der Waals surface area contributed by atoms with Gasteiger partial charge in [0, 0.05) is 0 Å². The van der Waals surface area contributed by atoms with Gasteiger partial charge in [0.2, 0.25) is 0 Å². The number of hydrogen-bond donors (Lipinski definition) is 2. The van der Waals surface area contributed by atoms with Crippen LogP contribution in [-0.2, 0) is 0 Å². The number of benzene rings is 2. The van der Waals surface area contributed by atoms with Crippen LogP contribution in [0.2, 0.25) is 0 Å². The van der Waals surface area contributed by atoms with Gasteiger partial charge < -0.3 is 4.98 Å². The highest BCUT2D eigenvalue weighted by atomic mass is 32.1. The van der Waals surface area contributed by atoms with Crippen LogP contribution in [0.4, 0.5) is 10.2 Å². The molecule has 5 nitrogen and oxygen atoms in total. The number of hydrogen-bond acceptors (Lipinski definition) is 5. The monoisotopic (exact) mass is 349 g/mol. The molecule has 3 rings (SSSR count). The van der Waals surface area contributed by atoms with E-state index in [4.69, 9.17) is 12.2 Å². The molecule has 0 saturated heterocycles. The lowest BCUT2D eigenvalue weighted by molar-refractivity contribution is 0.628. The van der Waals surface area contributed by atoms with Crippen LogP contribution in [0.5, 0.6) is 0 Å². The second kappa shape index (κ2) is 7.47. The van der Waals surface area contributed by atoms with Crippen molar-refractivity contribution in [2.45, 2.75) is 0 Å². The number of anilines is 1. The number of aromatic nitrogens is 2. The van der Waals surface area contributed by atoms with E-state index in [9.17, 15) is 9.65 Å². The number of aromatic amines is 1. The first kappa shape index (κ1) is 16.5. The van der Waals surface area contributed by atoms with Gasteiger partial charge in [-0.05, 0) is 47.6 Å². The molecule has 0 spiro atoms. The zero-order valence-electron chi connectivity index (χ0n) is 12.9. The van der Waals surface area contributed by atoms with Gasteiger partial charge in [-0.1, -0.05) is 30.3 Å². The Morgan fingerprint density at radius 2 is 1.88 bits per heavy atom. The largest absolute Gasteiger partial charge is 0.329 e. The maximum atomic E-state index is 13.1. The summed E-state index contributed by atoms with van der Waals surface area (Å²) in [6.45, 7) is 0. The fourth-order valence-electron chi connectivity index (χ4n) is 2.20. The summed E-state index contributed by atoms with van der Waals surface area (Å²) in [5.74, 6) is -0.126. The molecule has 2 aromatic carbocycles. The molecule has 25 heavy (non-hydrogen) atoms. The van der Waals surface area contributed by atoms with Crippen molar-refractivity contribution in [2.75, 3.05) is 5.43 Å². The van der Waals surface area contributed by atoms with Gasteiger partial charge >= 0.3 is 0 Å². The average molecular weight is 349 g/mol. The Bertz CT molecular complexity index is 1000. The molecule has 122 valence electrons. The molecular formula is C18H12FN5S. The zero-order chi connectivity index (χ0) is 17.6. The fraction of sp³-hybridized carbons (Fsp3) is 0. The van der Waals surface area contributed by atoms with Crippen LogP contribution in [0, 0.1) is 21.9 Å². The number of hydrazone groups is 1. The minimum Gasteiger partial charge on any atom is -0.329 e. The van der Waals surface area contributed by atoms with E-state index >= 15 is 0 Å². The number of H-pyrrole nitrogens is 1. The van der Waals surface area contributed by atoms with Gasteiger partial charge in [0.05, 0.1) is 11.9 Å². The summed E-state index contributed by atoms with van der Waals surface area (Å²) in [5.41, 5.74) is 4.97. The van der Waals surface area contributed by atoms with Crippen molar-refractivity contribution in [2.24, 2.45) is 5.10 Å². The van der Waals surface area contributed by atoms with E-state index in [1.54, 1.807) is 18.3 Å². The minimum absolute atomic E-state index is 0.190. The Labute approximate surface area is 148 Å². The summed E-state index contributed by atoms with van der Waals surface area (Å²) in [6.07, 6.45) is 1.61. The zero-order valence-corrected chi connectivity index (χ0v) is 13.7. The molecule has 1 aromatic heterocycles. The Morgan fingerprint density at radius 3 is 2.56 bits per heavy atom. The van der Waals surface area contributed by atoms with Crippen LogP contribution in [-0.4, -0.2) is 16.2 Å². The first-order chi connectivity index (χ1) is 12.2. The third-order valence-corrected chi connectivity index (χ3v) is 3.55. The van der Waals surface area contributed by atoms with Gasteiger partial charge in [-0.25, -0.2) is 4.39 Å². The van der Waals surface area contributed by atoms with Gasteiger partial charge in [0.1, 0.15) is 17.4 Å². The van der Waals surface area contributed by atoms with Gasteiger partial charge in [-0.3, -0.25) is 5.43 Å². The second-order valence-electron chi connectivity index (χ2n) is 5.04. The Balaban J connectivity index is 1.97. The lowest BCUT2D eigenvalue weighted by Gasteiger charge is -2.08. The van der Waals surface area contributed by atoms with Crippen molar-refractivity contribution in [3.63, 3.8) is 0 Å². The van der Waals surface area contributed by atoms with Crippen LogP contribution in [0.3, 0.4) is 0 Å². The minimum atomic E-state index is -0.360. The van der Waals surface area contributed by atoms with Crippen molar-refractivity contribution in [1.82, 2.24) is 9.97 Å². The molecule has 0 fully saturated rings. The molecule has 0 saturated carbocycles. The summed E-state index contributed by atoms with van der Waals surface area (Å²) in [6, 6.07) is 17.3. The summed E-state index contributed by atoms with van der Waals surface area (Å²) >= 11 is 5.12. The molecule has 3 aromatic rings. The maximum Gasteiger partial charge on any atom is 0.199 e. The third kappa shape index (κ3) is 3.94. The SMILES string of the molecule is N#Cc1c(N/N=C/c2ccccc2)nc(=S)[nH]c1-c1ccc(F)cc1. The number of nitrogens with zero attached hydrogens (tertiary/aromatic N) is 3. The molecular weight excluding hydrogens is 337 g/mol. The highest BCUT2D eigenvalue weighted by Gasteiger charge is 2.12. The van der Waals surface area contributed by atoms with E-state index < -0.39 is 0 Å². The topological polar surface area (TPSA) is 76.9 Å². The molecule has 0 radical (unpaired) electrons. The van der Waals surface area contributed by atoms with Crippen LogP contribution in [0.25, 0.3) is 11.3 Å². The number of nitrogens with one attached hydrogen (secondary N) is 2. The molecule has 2 N–H and O–H groups in total. The number of rotatable bonds is 4. The third-order valence-electron chi connectivity index (χ3n) is 3.36. The Hall–Kier alpha value is -3.37. The van der Waals surface area contributed by atoms with Crippen LogP contribution >= 0.6 is 12.2 Å². The predicted molar refractivity (Wildman–Crippen MR) is 97.2 cm³/mol. The Morgan fingerprint density at radius 1 is 1.16 bits per heavy atom. The van der Waals surface area contributed by atoms with E-state index in [0.29, 0.717) is 11.3 Å². The average Bonchev–Trinajstić information content (AvgIpc) is 2.63.